The normalized spacial score (nSPS) is 36.7. The van der Waals surface area contributed by atoms with Crippen LogP contribution >= 0.6 is 0 Å². The molecule has 2 heterocycles. The third kappa shape index (κ3) is 5.71. The van der Waals surface area contributed by atoms with Crippen LogP contribution in [-0.2, 0) is 9.47 Å². The van der Waals surface area contributed by atoms with E-state index in [0.717, 1.165) is 25.0 Å². The maximum atomic E-state index is 5.63. The molecule has 0 bridgehead atoms. The lowest BCUT2D eigenvalue weighted by Gasteiger charge is -2.30. The van der Waals surface area contributed by atoms with E-state index in [0.29, 0.717) is 12.2 Å². The molecule has 0 amide bonds. The fourth-order valence-corrected chi connectivity index (χ4v) is 3.04. The minimum absolute atomic E-state index is 0.513. The van der Waals surface area contributed by atoms with Crippen LogP contribution in [0, 0.1) is 11.8 Å². The summed E-state index contributed by atoms with van der Waals surface area (Å²) in [6, 6.07) is 0. The van der Waals surface area contributed by atoms with E-state index in [1.165, 1.54) is 38.5 Å². The second kappa shape index (κ2) is 8.92. The Kier molecular flexibility index (Phi) is 7.92. The van der Waals surface area contributed by atoms with Gasteiger partial charge >= 0.3 is 0 Å². The van der Waals surface area contributed by atoms with Gasteiger partial charge in [-0.1, -0.05) is 27.2 Å². The van der Waals surface area contributed by atoms with Crippen molar-refractivity contribution in [1.82, 2.24) is 0 Å². The first-order valence-electron chi connectivity index (χ1n) is 7.90. The van der Waals surface area contributed by atoms with Crippen LogP contribution in [0.2, 0.25) is 0 Å². The van der Waals surface area contributed by atoms with Gasteiger partial charge in [0.05, 0.1) is 12.2 Å². The Morgan fingerprint density at radius 3 is 2.17 bits per heavy atom. The third-order valence-electron chi connectivity index (χ3n) is 4.25. The maximum Gasteiger partial charge on any atom is 0.0600 e. The van der Waals surface area contributed by atoms with Crippen LogP contribution in [-0.4, -0.2) is 25.4 Å². The fourth-order valence-electron chi connectivity index (χ4n) is 3.04. The fraction of sp³-hybridized carbons (Fsp3) is 1.00. The lowest BCUT2D eigenvalue weighted by molar-refractivity contribution is -0.0290. The van der Waals surface area contributed by atoms with Crippen molar-refractivity contribution in [2.24, 2.45) is 11.8 Å². The van der Waals surface area contributed by atoms with Crippen LogP contribution in [0.1, 0.15) is 66.2 Å². The first kappa shape index (κ1) is 16.0. The van der Waals surface area contributed by atoms with Crippen LogP contribution < -0.4 is 0 Å². The molecule has 18 heavy (non-hydrogen) atoms. The van der Waals surface area contributed by atoms with Crippen molar-refractivity contribution in [2.75, 3.05) is 13.2 Å². The van der Waals surface area contributed by atoms with Gasteiger partial charge in [0, 0.05) is 13.2 Å². The van der Waals surface area contributed by atoms with Gasteiger partial charge in [-0.3, -0.25) is 0 Å². The molecule has 2 fully saturated rings. The van der Waals surface area contributed by atoms with Gasteiger partial charge in [0.1, 0.15) is 0 Å². The van der Waals surface area contributed by atoms with Crippen LogP contribution in [0.25, 0.3) is 0 Å². The Morgan fingerprint density at radius 1 is 0.944 bits per heavy atom. The summed E-state index contributed by atoms with van der Waals surface area (Å²) in [7, 11) is 0. The maximum absolute atomic E-state index is 5.63. The predicted octanol–water partition coefficient (Wildman–Crippen LogP) is 4.42. The Bertz CT molecular complexity index is 185. The second-order valence-electron chi connectivity index (χ2n) is 5.94. The van der Waals surface area contributed by atoms with E-state index < -0.39 is 0 Å². The van der Waals surface area contributed by atoms with Crippen molar-refractivity contribution in [2.45, 2.75) is 78.4 Å². The summed E-state index contributed by atoms with van der Waals surface area (Å²) < 4.78 is 11.0. The smallest absolute Gasteiger partial charge is 0.0600 e. The molecule has 0 aromatic carbocycles. The highest BCUT2D eigenvalue weighted by Crippen LogP contribution is 2.25. The summed E-state index contributed by atoms with van der Waals surface area (Å²) in [6.45, 7) is 10.9. The lowest BCUT2D eigenvalue weighted by atomic mass is 9.90. The second-order valence-corrected chi connectivity index (χ2v) is 5.94. The van der Waals surface area contributed by atoms with Gasteiger partial charge in [-0.2, -0.15) is 0 Å². The monoisotopic (exact) mass is 256 g/mol. The van der Waals surface area contributed by atoms with Crippen molar-refractivity contribution in [3.05, 3.63) is 0 Å². The van der Waals surface area contributed by atoms with Gasteiger partial charge in [-0.05, 0) is 50.9 Å². The number of ether oxygens (including phenoxy) is 2. The van der Waals surface area contributed by atoms with Gasteiger partial charge in [-0.25, -0.2) is 0 Å². The van der Waals surface area contributed by atoms with Gasteiger partial charge in [-0.15, -0.1) is 0 Å². The number of hydrogen-bond donors (Lipinski definition) is 0. The molecule has 0 aromatic heterocycles. The highest BCUT2D eigenvalue weighted by molar-refractivity contribution is 4.71. The Hall–Kier alpha value is -0.0800. The summed E-state index contributed by atoms with van der Waals surface area (Å²) >= 11 is 0. The van der Waals surface area contributed by atoms with Gasteiger partial charge in [0.2, 0.25) is 0 Å². The van der Waals surface area contributed by atoms with Crippen molar-refractivity contribution in [3.63, 3.8) is 0 Å². The van der Waals surface area contributed by atoms with E-state index in [2.05, 4.69) is 27.7 Å². The molecule has 0 spiro atoms. The highest BCUT2D eigenvalue weighted by atomic mass is 16.5. The molecule has 2 aliphatic rings. The van der Waals surface area contributed by atoms with Crippen LogP contribution in [0.5, 0.6) is 0 Å². The zero-order valence-electron chi connectivity index (χ0n) is 12.8. The molecular formula is C16H32O2. The summed E-state index contributed by atoms with van der Waals surface area (Å²) in [5.41, 5.74) is 0. The molecule has 0 aliphatic carbocycles. The number of hydrogen-bond acceptors (Lipinski definition) is 2. The quantitative estimate of drug-likeness (QED) is 0.728. The van der Waals surface area contributed by atoms with Crippen LogP contribution in [0.4, 0.5) is 0 Å². The summed E-state index contributed by atoms with van der Waals surface area (Å²) in [6.07, 6.45) is 8.73. The van der Waals surface area contributed by atoms with Gasteiger partial charge in [0.15, 0.2) is 0 Å². The third-order valence-corrected chi connectivity index (χ3v) is 4.25. The van der Waals surface area contributed by atoms with E-state index in [-0.39, 0.29) is 0 Å². The topological polar surface area (TPSA) is 18.5 Å². The molecule has 108 valence electrons. The summed E-state index contributed by atoms with van der Waals surface area (Å²) in [4.78, 5) is 0. The Balaban J connectivity index is 0.000000184. The van der Waals surface area contributed by atoms with Crippen molar-refractivity contribution in [1.29, 1.82) is 0 Å². The Labute approximate surface area is 113 Å². The predicted molar refractivity (Wildman–Crippen MR) is 76.9 cm³/mol. The molecule has 0 N–H and O–H groups in total. The minimum Gasteiger partial charge on any atom is -0.378 e. The van der Waals surface area contributed by atoms with E-state index >= 15 is 0 Å². The summed E-state index contributed by atoms with van der Waals surface area (Å²) in [5, 5.41) is 0. The SMILES string of the molecule is CC1CCOC(C)C1.CCC1CCCOC1CC. The van der Waals surface area contributed by atoms with Crippen molar-refractivity contribution in [3.8, 4) is 0 Å². The molecule has 0 aromatic rings. The van der Waals surface area contributed by atoms with Gasteiger partial charge < -0.3 is 9.47 Å². The highest BCUT2D eigenvalue weighted by Gasteiger charge is 2.22. The van der Waals surface area contributed by atoms with Gasteiger partial charge in [0.25, 0.3) is 0 Å². The average Bonchev–Trinajstić information content (AvgIpc) is 2.39. The molecule has 2 rings (SSSR count). The van der Waals surface area contributed by atoms with Crippen molar-refractivity contribution >= 4 is 0 Å². The largest absolute Gasteiger partial charge is 0.378 e. The Morgan fingerprint density at radius 2 is 1.72 bits per heavy atom. The molecule has 0 saturated carbocycles. The molecule has 2 saturated heterocycles. The first-order valence-corrected chi connectivity index (χ1v) is 7.90. The first-order chi connectivity index (χ1) is 8.67. The number of rotatable bonds is 2. The molecule has 2 aliphatic heterocycles. The minimum atomic E-state index is 0.513. The molecular weight excluding hydrogens is 224 g/mol. The molecule has 4 unspecified atom stereocenters. The molecule has 2 heteroatoms. The zero-order valence-corrected chi connectivity index (χ0v) is 12.8. The average molecular weight is 256 g/mol. The van der Waals surface area contributed by atoms with E-state index in [4.69, 9.17) is 9.47 Å². The van der Waals surface area contributed by atoms with Crippen LogP contribution in [0.15, 0.2) is 0 Å². The molecule has 4 atom stereocenters. The van der Waals surface area contributed by atoms with E-state index in [1.807, 2.05) is 0 Å². The van der Waals surface area contributed by atoms with E-state index in [9.17, 15) is 0 Å². The molecule has 2 nitrogen and oxygen atoms in total. The lowest BCUT2D eigenvalue weighted by Crippen LogP contribution is -2.28. The standard InChI is InChI=1S/C9H18O.C7H14O/c1-3-8-6-5-7-10-9(8)4-2;1-6-3-4-8-7(2)5-6/h8-9H,3-7H2,1-2H3;6-7H,3-5H2,1-2H3. The summed E-state index contributed by atoms with van der Waals surface area (Å²) in [5.74, 6) is 1.73. The molecule has 0 radical (unpaired) electrons. The van der Waals surface area contributed by atoms with E-state index in [1.54, 1.807) is 0 Å². The zero-order chi connectivity index (χ0) is 13.4. The van der Waals surface area contributed by atoms with Crippen molar-refractivity contribution < 1.29 is 9.47 Å². The van der Waals surface area contributed by atoms with Crippen LogP contribution in [0.3, 0.4) is 0 Å².